The van der Waals surface area contributed by atoms with Crippen LogP contribution in [-0.2, 0) is 20.9 Å². The maximum atomic E-state index is 12.6. The van der Waals surface area contributed by atoms with Crippen molar-refractivity contribution in [3.63, 3.8) is 0 Å². The SMILES string of the molecule is CC(C)(C)c1ccc(S(=O)(=O)NCC2(c3ccc(Cl)cc3)CC2)cc1. The van der Waals surface area contributed by atoms with E-state index in [9.17, 15) is 8.42 Å². The number of hydrogen-bond donors (Lipinski definition) is 1. The molecule has 0 atom stereocenters. The maximum Gasteiger partial charge on any atom is 0.240 e. The molecule has 1 aliphatic carbocycles. The van der Waals surface area contributed by atoms with Gasteiger partial charge in [0.15, 0.2) is 0 Å². The molecule has 25 heavy (non-hydrogen) atoms. The van der Waals surface area contributed by atoms with Crippen molar-refractivity contribution in [1.29, 1.82) is 0 Å². The zero-order valence-electron chi connectivity index (χ0n) is 14.8. The van der Waals surface area contributed by atoms with Gasteiger partial charge in [0.25, 0.3) is 0 Å². The van der Waals surface area contributed by atoms with Crippen molar-refractivity contribution >= 4 is 21.6 Å². The molecular formula is C20H24ClNO2S. The standard InChI is InChI=1S/C20H24ClNO2S/c1-19(2,3)15-6-10-18(11-7-15)25(23,24)22-14-20(12-13-20)16-4-8-17(21)9-5-16/h4-11,22H,12-14H2,1-3H3. The van der Waals surface area contributed by atoms with Crippen LogP contribution in [0, 0.1) is 0 Å². The Labute approximate surface area is 155 Å². The molecule has 0 aliphatic heterocycles. The Bertz CT molecular complexity index is 846. The number of sulfonamides is 1. The van der Waals surface area contributed by atoms with Crippen LogP contribution in [0.25, 0.3) is 0 Å². The predicted molar refractivity (Wildman–Crippen MR) is 103 cm³/mol. The molecule has 134 valence electrons. The van der Waals surface area contributed by atoms with E-state index in [1.54, 1.807) is 12.1 Å². The van der Waals surface area contributed by atoms with E-state index in [0.29, 0.717) is 16.5 Å². The highest BCUT2D eigenvalue weighted by Crippen LogP contribution is 2.48. The van der Waals surface area contributed by atoms with Crippen LogP contribution in [0.1, 0.15) is 44.7 Å². The molecule has 1 fully saturated rings. The van der Waals surface area contributed by atoms with Gasteiger partial charge in [-0.1, -0.05) is 56.6 Å². The molecule has 0 radical (unpaired) electrons. The number of benzene rings is 2. The fourth-order valence-corrected chi connectivity index (χ4v) is 4.23. The van der Waals surface area contributed by atoms with Gasteiger partial charge >= 0.3 is 0 Å². The summed E-state index contributed by atoms with van der Waals surface area (Å²) in [6.45, 7) is 6.74. The lowest BCUT2D eigenvalue weighted by atomic mass is 9.87. The molecule has 2 aromatic carbocycles. The first-order chi connectivity index (χ1) is 11.6. The molecule has 1 aliphatic rings. The van der Waals surface area contributed by atoms with Gasteiger partial charge in [0, 0.05) is 17.0 Å². The second kappa shape index (κ2) is 6.42. The van der Waals surface area contributed by atoms with Gasteiger partial charge in [0.05, 0.1) is 4.90 Å². The molecule has 0 bridgehead atoms. The van der Waals surface area contributed by atoms with E-state index in [2.05, 4.69) is 25.5 Å². The van der Waals surface area contributed by atoms with Gasteiger partial charge in [-0.3, -0.25) is 0 Å². The van der Waals surface area contributed by atoms with E-state index in [1.807, 2.05) is 36.4 Å². The summed E-state index contributed by atoms with van der Waals surface area (Å²) in [4.78, 5) is 0.312. The van der Waals surface area contributed by atoms with Crippen molar-refractivity contribution in [3.05, 3.63) is 64.7 Å². The number of nitrogens with one attached hydrogen (secondary N) is 1. The third kappa shape index (κ3) is 4.08. The van der Waals surface area contributed by atoms with Gasteiger partial charge in [-0.05, 0) is 53.6 Å². The van der Waals surface area contributed by atoms with Crippen molar-refractivity contribution in [2.75, 3.05) is 6.54 Å². The smallest absolute Gasteiger partial charge is 0.210 e. The Morgan fingerprint density at radius 2 is 1.56 bits per heavy atom. The first-order valence-corrected chi connectivity index (χ1v) is 10.3. The summed E-state index contributed by atoms with van der Waals surface area (Å²) in [5.74, 6) is 0. The highest BCUT2D eigenvalue weighted by molar-refractivity contribution is 7.89. The summed E-state index contributed by atoms with van der Waals surface area (Å²) < 4.78 is 28.0. The maximum absolute atomic E-state index is 12.6. The molecule has 3 nitrogen and oxygen atoms in total. The lowest BCUT2D eigenvalue weighted by Gasteiger charge is -2.20. The average Bonchev–Trinajstić information content (AvgIpc) is 3.34. The molecule has 1 N–H and O–H groups in total. The van der Waals surface area contributed by atoms with E-state index in [0.717, 1.165) is 24.0 Å². The molecule has 1 saturated carbocycles. The van der Waals surface area contributed by atoms with Gasteiger partial charge in [0.2, 0.25) is 10.0 Å². The third-order valence-corrected chi connectivity index (χ3v) is 6.61. The molecule has 0 saturated heterocycles. The Hall–Kier alpha value is -1.36. The Morgan fingerprint density at radius 3 is 2.04 bits per heavy atom. The van der Waals surface area contributed by atoms with Crippen LogP contribution >= 0.6 is 11.6 Å². The van der Waals surface area contributed by atoms with Gasteiger partial charge in [-0.2, -0.15) is 0 Å². The zero-order valence-corrected chi connectivity index (χ0v) is 16.4. The molecule has 0 spiro atoms. The quantitative estimate of drug-likeness (QED) is 0.824. The molecule has 0 amide bonds. The molecule has 0 heterocycles. The van der Waals surface area contributed by atoms with E-state index in [1.165, 1.54) is 0 Å². The van der Waals surface area contributed by atoms with Crippen molar-refractivity contribution in [2.24, 2.45) is 0 Å². The number of hydrogen-bond acceptors (Lipinski definition) is 2. The Balaban J connectivity index is 1.73. The van der Waals surface area contributed by atoms with Gasteiger partial charge < -0.3 is 0 Å². The lowest BCUT2D eigenvalue weighted by molar-refractivity contribution is 0.566. The minimum atomic E-state index is -3.51. The zero-order chi connectivity index (χ0) is 18.3. The fourth-order valence-electron chi connectivity index (χ4n) is 2.97. The van der Waals surface area contributed by atoms with Gasteiger partial charge in [0.1, 0.15) is 0 Å². The van der Waals surface area contributed by atoms with Gasteiger partial charge in [-0.25, -0.2) is 13.1 Å². The summed E-state index contributed by atoms with van der Waals surface area (Å²) in [5.41, 5.74) is 2.17. The summed E-state index contributed by atoms with van der Waals surface area (Å²) in [6, 6.07) is 14.8. The third-order valence-electron chi connectivity index (χ3n) is 4.94. The highest BCUT2D eigenvalue weighted by Gasteiger charge is 2.44. The van der Waals surface area contributed by atoms with Crippen LogP contribution in [0.3, 0.4) is 0 Å². The molecule has 0 unspecified atom stereocenters. The fraction of sp³-hybridized carbons (Fsp3) is 0.400. The summed E-state index contributed by atoms with van der Waals surface area (Å²) >= 11 is 5.95. The molecule has 0 aromatic heterocycles. The van der Waals surface area contributed by atoms with Crippen molar-refractivity contribution in [1.82, 2.24) is 4.72 Å². The average molecular weight is 378 g/mol. The van der Waals surface area contributed by atoms with Crippen molar-refractivity contribution in [2.45, 2.75) is 49.3 Å². The van der Waals surface area contributed by atoms with Crippen LogP contribution < -0.4 is 4.72 Å². The highest BCUT2D eigenvalue weighted by atomic mass is 35.5. The van der Waals surface area contributed by atoms with E-state index in [-0.39, 0.29) is 10.8 Å². The van der Waals surface area contributed by atoms with Crippen LogP contribution in [-0.4, -0.2) is 15.0 Å². The Kier molecular flexibility index (Phi) is 4.73. The largest absolute Gasteiger partial charge is 0.240 e. The van der Waals surface area contributed by atoms with Crippen LogP contribution in [0.4, 0.5) is 0 Å². The van der Waals surface area contributed by atoms with Crippen LogP contribution in [0.2, 0.25) is 5.02 Å². The molecule has 5 heteroatoms. The second-order valence-corrected chi connectivity index (χ2v) is 10.1. The van der Waals surface area contributed by atoms with Crippen molar-refractivity contribution < 1.29 is 8.42 Å². The number of halogens is 1. The lowest BCUT2D eigenvalue weighted by Crippen LogP contribution is -2.32. The topological polar surface area (TPSA) is 46.2 Å². The summed E-state index contributed by atoms with van der Waals surface area (Å²) in [7, 11) is -3.51. The first kappa shape index (κ1) is 18.4. The monoisotopic (exact) mass is 377 g/mol. The first-order valence-electron chi connectivity index (χ1n) is 8.49. The van der Waals surface area contributed by atoms with Crippen molar-refractivity contribution in [3.8, 4) is 0 Å². The minimum absolute atomic E-state index is 0.00236. The Morgan fingerprint density at radius 1 is 1.00 bits per heavy atom. The van der Waals surface area contributed by atoms with E-state index in [4.69, 9.17) is 11.6 Å². The minimum Gasteiger partial charge on any atom is -0.210 e. The summed E-state index contributed by atoms with van der Waals surface area (Å²) in [6.07, 6.45) is 1.97. The molecule has 2 aromatic rings. The molecular weight excluding hydrogens is 354 g/mol. The predicted octanol–water partition coefficient (Wildman–Crippen LogP) is 4.65. The van der Waals surface area contributed by atoms with E-state index < -0.39 is 10.0 Å². The summed E-state index contributed by atoms with van der Waals surface area (Å²) in [5, 5.41) is 0.694. The van der Waals surface area contributed by atoms with Crippen LogP contribution in [0.15, 0.2) is 53.4 Å². The number of rotatable bonds is 5. The normalized spacial score (nSPS) is 16.6. The van der Waals surface area contributed by atoms with Gasteiger partial charge in [-0.15, -0.1) is 0 Å². The molecule has 3 rings (SSSR count). The second-order valence-electron chi connectivity index (χ2n) is 7.89. The van der Waals surface area contributed by atoms with Crippen LogP contribution in [0.5, 0.6) is 0 Å². The van der Waals surface area contributed by atoms with E-state index >= 15 is 0 Å².